The first kappa shape index (κ1) is 15.1. The van der Waals surface area contributed by atoms with Gasteiger partial charge in [-0.25, -0.2) is 13.2 Å². The number of hydrogen-bond acceptors (Lipinski definition) is 4. The first-order valence-electron chi connectivity index (χ1n) is 5.96. The van der Waals surface area contributed by atoms with Crippen LogP contribution in [-0.4, -0.2) is 13.4 Å². The molecule has 0 saturated heterocycles. The highest BCUT2D eigenvalue weighted by Gasteiger charge is 2.21. The van der Waals surface area contributed by atoms with Crippen molar-refractivity contribution in [1.82, 2.24) is 4.98 Å². The van der Waals surface area contributed by atoms with Gasteiger partial charge in [-0.1, -0.05) is 23.7 Å². The van der Waals surface area contributed by atoms with Gasteiger partial charge in [0.1, 0.15) is 4.90 Å². The van der Waals surface area contributed by atoms with Gasteiger partial charge in [0, 0.05) is 10.5 Å². The van der Waals surface area contributed by atoms with E-state index in [0.717, 1.165) is 0 Å². The van der Waals surface area contributed by atoms with E-state index in [1.165, 1.54) is 12.1 Å². The van der Waals surface area contributed by atoms with Gasteiger partial charge in [0.25, 0.3) is 10.0 Å². The molecule has 22 heavy (non-hydrogen) atoms. The number of para-hydroxylation sites is 1. The van der Waals surface area contributed by atoms with Crippen molar-refractivity contribution < 1.29 is 12.8 Å². The minimum absolute atomic E-state index is 0.0240. The highest BCUT2D eigenvalue weighted by atomic mass is 79.9. The molecular formula is C13H8BrClN2O4S. The van der Waals surface area contributed by atoms with Crippen LogP contribution in [0.3, 0.4) is 0 Å². The van der Waals surface area contributed by atoms with Crippen LogP contribution in [0.2, 0.25) is 5.02 Å². The Kier molecular flexibility index (Phi) is 3.75. The molecule has 1 heterocycles. The number of nitrogens with one attached hydrogen (secondary N) is 2. The largest absolute Gasteiger partial charge is 0.417 e. The van der Waals surface area contributed by atoms with E-state index in [4.69, 9.17) is 16.0 Å². The lowest BCUT2D eigenvalue weighted by molar-refractivity contribution is 0.554. The second-order valence-corrected chi connectivity index (χ2v) is 7.29. The molecule has 0 aliphatic carbocycles. The van der Waals surface area contributed by atoms with Crippen LogP contribution in [0.25, 0.3) is 11.1 Å². The fourth-order valence-corrected chi connectivity index (χ4v) is 4.04. The van der Waals surface area contributed by atoms with Crippen LogP contribution in [0.1, 0.15) is 0 Å². The number of anilines is 1. The summed E-state index contributed by atoms with van der Waals surface area (Å²) >= 11 is 9.27. The van der Waals surface area contributed by atoms with E-state index >= 15 is 0 Å². The van der Waals surface area contributed by atoms with Crippen LogP contribution in [-0.2, 0) is 10.0 Å². The number of benzene rings is 2. The molecule has 0 bridgehead atoms. The van der Waals surface area contributed by atoms with Crippen molar-refractivity contribution in [2.45, 2.75) is 4.90 Å². The third-order valence-electron chi connectivity index (χ3n) is 2.88. The minimum Gasteiger partial charge on any atom is -0.408 e. The van der Waals surface area contributed by atoms with Gasteiger partial charge in [0.2, 0.25) is 0 Å². The van der Waals surface area contributed by atoms with Crippen LogP contribution >= 0.6 is 27.5 Å². The van der Waals surface area contributed by atoms with Gasteiger partial charge < -0.3 is 4.42 Å². The quantitative estimate of drug-likeness (QED) is 0.701. The van der Waals surface area contributed by atoms with Crippen molar-refractivity contribution in [2.75, 3.05) is 4.72 Å². The average Bonchev–Trinajstić information content (AvgIpc) is 2.79. The van der Waals surface area contributed by atoms with Gasteiger partial charge in [0.05, 0.1) is 16.2 Å². The number of fused-ring (bicyclic) bond motifs is 1. The Labute approximate surface area is 138 Å². The zero-order valence-electron chi connectivity index (χ0n) is 10.8. The van der Waals surface area contributed by atoms with Gasteiger partial charge in [-0.2, -0.15) is 0 Å². The van der Waals surface area contributed by atoms with Gasteiger partial charge in [-0.05, 0) is 34.1 Å². The van der Waals surface area contributed by atoms with E-state index < -0.39 is 15.8 Å². The summed E-state index contributed by atoms with van der Waals surface area (Å²) in [5, 5.41) is -0.0240. The van der Waals surface area contributed by atoms with Crippen LogP contribution in [0.15, 0.2) is 55.0 Å². The Morgan fingerprint density at radius 2 is 1.95 bits per heavy atom. The van der Waals surface area contributed by atoms with Crippen molar-refractivity contribution in [3.8, 4) is 0 Å². The molecule has 0 aliphatic rings. The molecule has 0 fully saturated rings. The molecule has 2 N–H and O–H groups in total. The molecule has 0 radical (unpaired) electrons. The number of H-pyrrole nitrogens is 1. The maximum Gasteiger partial charge on any atom is 0.417 e. The first-order valence-corrected chi connectivity index (χ1v) is 8.62. The van der Waals surface area contributed by atoms with E-state index in [1.54, 1.807) is 24.3 Å². The number of rotatable bonds is 3. The van der Waals surface area contributed by atoms with E-state index in [1.807, 2.05) is 0 Å². The smallest absolute Gasteiger partial charge is 0.408 e. The molecule has 0 atom stereocenters. The van der Waals surface area contributed by atoms with Crippen molar-refractivity contribution in [3.63, 3.8) is 0 Å². The van der Waals surface area contributed by atoms with Crippen molar-refractivity contribution in [2.24, 2.45) is 0 Å². The molecule has 1 aromatic heterocycles. The number of hydrogen-bond donors (Lipinski definition) is 2. The van der Waals surface area contributed by atoms with Gasteiger partial charge in [0.15, 0.2) is 5.58 Å². The molecule has 0 amide bonds. The number of sulfonamides is 1. The predicted molar refractivity (Wildman–Crippen MR) is 86.8 cm³/mol. The second-order valence-electron chi connectivity index (χ2n) is 4.38. The van der Waals surface area contributed by atoms with Crippen LogP contribution in [0, 0.1) is 0 Å². The van der Waals surface area contributed by atoms with Gasteiger partial charge in [-0.3, -0.25) is 9.71 Å². The fraction of sp³-hybridized carbons (Fsp3) is 0. The first-order chi connectivity index (χ1) is 10.4. The highest BCUT2D eigenvalue weighted by molar-refractivity contribution is 9.10. The Balaban J connectivity index is 2.10. The molecule has 0 spiro atoms. The lowest BCUT2D eigenvalue weighted by Crippen LogP contribution is -2.13. The lowest BCUT2D eigenvalue weighted by atomic mass is 10.3. The van der Waals surface area contributed by atoms with E-state index in [-0.39, 0.29) is 15.5 Å². The Morgan fingerprint density at radius 3 is 2.68 bits per heavy atom. The topological polar surface area (TPSA) is 92.2 Å². The monoisotopic (exact) mass is 402 g/mol. The number of oxazole rings is 1. The molecule has 2 aromatic carbocycles. The fourth-order valence-electron chi connectivity index (χ4n) is 1.90. The van der Waals surface area contributed by atoms with Crippen molar-refractivity contribution in [1.29, 1.82) is 0 Å². The maximum atomic E-state index is 12.5. The van der Waals surface area contributed by atoms with E-state index in [2.05, 4.69) is 25.6 Å². The van der Waals surface area contributed by atoms with Gasteiger partial charge in [-0.15, -0.1) is 0 Å². The molecule has 3 aromatic rings. The Hall–Kier alpha value is -1.77. The summed E-state index contributed by atoms with van der Waals surface area (Å²) in [5.41, 5.74) is 0.811. The Bertz CT molecular complexity index is 1030. The SMILES string of the molecule is O=c1[nH]c2cc(Cl)c(S(=O)(=O)Nc3ccccc3Br)cc2o1. The van der Waals surface area contributed by atoms with Crippen LogP contribution < -0.4 is 10.5 Å². The molecule has 114 valence electrons. The molecule has 0 saturated carbocycles. The summed E-state index contributed by atoms with van der Waals surface area (Å²) in [4.78, 5) is 13.4. The Morgan fingerprint density at radius 1 is 1.23 bits per heavy atom. The second kappa shape index (κ2) is 5.45. The number of halogens is 2. The minimum atomic E-state index is -3.94. The van der Waals surface area contributed by atoms with E-state index in [9.17, 15) is 13.2 Å². The van der Waals surface area contributed by atoms with Crippen LogP contribution in [0.4, 0.5) is 5.69 Å². The summed E-state index contributed by atoms with van der Waals surface area (Å²) < 4.78 is 32.8. The summed E-state index contributed by atoms with van der Waals surface area (Å²) in [6.07, 6.45) is 0. The maximum absolute atomic E-state index is 12.5. The molecular weight excluding hydrogens is 396 g/mol. The number of aromatic amines is 1. The third kappa shape index (κ3) is 2.77. The molecule has 9 heteroatoms. The highest BCUT2D eigenvalue weighted by Crippen LogP contribution is 2.30. The molecule has 0 unspecified atom stereocenters. The molecule has 3 rings (SSSR count). The normalized spacial score (nSPS) is 11.7. The number of aromatic nitrogens is 1. The van der Waals surface area contributed by atoms with Gasteiger partial charge >= 0.3 is 5.76 Å². The standard InChI is InChI=1S/C13H8BrClN2O4S/c14-7-3-1-2-4-9(7)17-22(19,20)12-6-11-10(5-8(12)15)16-13(18)21-11/h1-6,17H,(H,16,18). The summed E-state index contributed by atoms with van der Waals surface area (Å²) in [5.74, 6) is -0.681. The van der Waals surface area contributed by atoms with E-state index in [0.29, 0.717) is 15.7 Å². The van der Waals surface area contributed by atoms with Crippen molar-refractivity contribution >= 4 is 54.3 Å². The zero-order chi connectivity index (χ0) is 15.9. The summed E-state index contributed by atoms with van der Waals surface area (Å²) in [6.45, 7) is 0. The average molecular weight is 404 g/mol. The molecule has 0 aliphatic heterocycles. The summed E-state index contributed by atoms with van der Waals surface area (Å²) in [6, 6.07) is 9.29. The lowest BCUT2D eigenvalue weighted by Gasteiger charge is -2.10. The zero-order valence-corrected chi connectivity index (χ0v) is 13.9. The molecule has 6 nitrogen and oxygen atoms in total. The van der Waals surface area contributed by atoms with Crippen molar-refractivity contribution in [3.05, 3.63) is 56.4 Å². The summed E-state index contributed by atoms with van der Waals surface area (Å²) in [7, 11) is -3.94. The predicted octanol–water partition coefficient (Wildman–Crippen LogP) is 3.34. The third-order valence-corrected chi connectivity index (χ3v) is 5.40. The van der Waals surface area contributed by atoms with Crippen LogP contribution in [0.5, 0.6) is 0 Å².